The van der Waals surface area contributed by atoms with Crippen molar-refractivity contribution in [2.45, 2.75) is 13.8 Å². The first kappa shape index (κ1) is 6.29. The van der Waals surface area contributed by atoms with Crippen LogP contribution < -0.4 is 0 Å². The minimum absolute atomic E-state index is 1.63. The standard InChI is InChI=1S/2C2H4.FH.Rh/c2*1-2;;/h2*1H,2H3;1H;/q;;;+1/p-1. The van der Waals surface area contributed by atoms with E-state index in [2.05, 4.69) is 0 Å². The van der Waals surface area contributed by atoms with Gasteiger partial charge in [-0.15, -0.1) is 0 Å². The molecule has 0 aromatic rings. The SMILES string of the molecule is C/[CH]=[Rh](\[F])=[CH]/C. The van der Waals surface area contributed by atoms with Gasteiger partial charge in [0, 0.05) is 0 Å². The first-order valence-electron chi connectivity index (χ1n) is 1.67. The van der Waals surface area contributed by atoms with Gasteiger partial charge < -0.3 is 0 Å². The average Bonchev–Trinajstić information content (AvgIpc) is 1.65. The van der Waals surface area contributed by atoms with Crippen molar-refractivity contribution < 1.29 is 18.9 Å². The fraction of sp³-hybridized carbons (Fsp3) is 0.500. The van der Waals surface area contributed by atoms with Gasteiger partial charge in [0.1, 0.15) is 0 Å². The fourth-order valence-electron chi connectivity index (χ4n) is 0.111. The third-order valence-corrected chi connectivity index (χ3v) is 2.18. The van der Waals surface area contributed by atoms with Crippen LogP contribution in [0.25, 0.3) is 0 Å². The Balaban J connectivity index is 3.86. The molecule has 0 aromatic heterocycles. The van der Waals surface area contributed by atoms with Gasteiger partial charge in [-0.1, -0.05) is 0 Å². The summed E-state index contributed by atoms with van der Waals surface area (Å²) in [5.74, 6) is 0. The Morgan fingerprint density at radius 3 is 1.67 bits per heavy atom. The molecule has 0 atom stereocenters. The van der Waals surface area contributed by atoms with Crippen LogP contribution in [0.15, 0.2) is 0 Å². The molecule has 0 rings (SSSR count). The molecule has 0 aliphatic rings. The van der Waals surface area contributed by atoms with Gasteiger partial charge in [-0.25, -0.2) is 0 Å². The van der Waals surface area contributed by atoms with E-state index in [1.54, 1.807) is 23.1 Å². The molecule has 0 aliphatic heterocycles. The van der Waals surface area contributed by atoms with Gasteiger partial charge in [0.15, 0.2) is 0 Å². The summed E-state index contributed by atoms with van der Waals surface area (Å²) in [6, 6.07) is 0. The number of hydrogen-bond acceptors (Lipinski definition) is 0. The Hall–Kier alpha value is 0.293. The molecule has 0 amide bonds. The van der Waals surface area contributed by atoms with E-state index >= 15 is 0 Å². The van der Waals surface area contributed by atoms with Crippen LogP contribution in [0.4, 0.5) is 3.32 Å². The molecule has 2 heteroatoms. The normalized spacial score (nSPS) is 18.8. The third-order valence-electron chi connectivity index (χ3n) is 0.368. The zero-order valence-corrected chi connectivity index (χ0v) is 5.50. The second kappa shape index (κ2) is 3.48. The summed E-state index contributed by atoms with van der Waals surface area (Å²) in [6.07, 6.45) is 0. The predicted molar refractivity (Wildman–Crippen MR) is 24.6 cm³/mol. The second-order valence-electron chi connectivity index (χ2n) is 0.641. The van der Waals surface area contributed by atoms with E-state index in [4.69, 9.17) is 0 Å². The Kier molecular flexibility index (Phi) is 3.65. The summed E-state index contributed by atoms with van der Waals surface area (Å²) in [5, 5.41) is 0. The average molecular weight is 178 g/mol. The molecule has 0 nitrogen and oxygen atoms in total. The summed E-state index contributed by atoms with van der Waals surface area (Å²) in [6.45, 7) is 3.51. The van der Waals surface area contributed by atoms with E-state index in [1.165, 1.54) is 0 Å². The minimum atomic E-state index is -1.84. The fourth-order valence-corrected chi connectivity index (χ4v) is 0.657. The van der Waals surface area contributed by atoms with Crippen molar-refractivity contribution in [1.82, 2.24) is 0 Å². The van der Waals surface area contributed by atoms with Crippen LogP contribution in [0.5, 0.6) is 0 Å². The van der Waals surface area contributed by atoms with Crippen molar-refractivity contribution in [3.8, 4) is 0 Å². The van der Waals surface area contributed by atoms with E-state index in [-0.39, 0.29) is 0 Å². The Morgan fingerprint density at radius 2 is 1.67 bits per heavy atom. The van der Waals surface area contributed by atoms with Crippen molar-refractivity contribution in [3.63, 3.8) is 0 Å². The second-order valence-corrected chi connectivity index (χ2v) is 3.80. The van der Waals surface area contributed by atoms with Gasteiger partial charge in [0.25, 0.3) is 0 Å². The summed E-state index contributed by atoms with van der Waals surface area (Å²) >= 11 is -1.84. The van der Waals surface area contributed by atoms with Crippen molar-refractivity contribution in [1.29, 1.82) is 0 Å². The van der Waals surface area contributed by atoms with Crippen LogP contribution >= 0.6 is 0 Å². The van der Waals surface area contributed by atoms with E-state index < -0.39 is 15.5 Å². The van der Waals surface area contributed by atoms with E-state index in [0.717, 1.165) is 0 Å². The molecule has 0 heterocycles. The molecule has 0 radical (unpaired) electrons. The Bertz CT molecular complexity index is 88.1. The first-order valence-corrected chi connectivity index (χ1v) is 4.18. The predicted octanol–water partition coefficient (Wildman–Crippen LogP) is 1.13. The number of rotatable bonds is 0. The first-order chi connectivity index (χ1) is 2.81. The molecule has 0 saturated heterocycles. The third kappa shape index (κ3) is 2.53. The molecule has 0 fully saturated rings. The van der Waals surface area contributed by atoms with E-state index in [9.17, 15) is 3.32 Å². The molecule has 0 unspecified atom stereocenters. The molecule has 0 saturated carbocycles. The van der Waals surface area contributed by atoms with Crippen LogP contribution in [0.1, 0.15) is 13.8 Å². The van der Waals surface area contributed by atoms with E-state index in [1.807, 2.05) is 0 Å². The zero-order valence-electron chi connectivity index (χ0n) is 3.87. The molecular formula is C4H8FRh. The Labute approximate surface area is 42.5 Å². The maximum absolute atomic E-state index is 11.9. The van der Waals surface area contributed by atoms with Crippen LogP contribution in [-0.2, 0) is 15.5 Å². The maximum atomic E-state index is 11.9. The quantitative estimate of drug-likeness (QED) is 0.488. The van der Waals surface area contributed by atoms with Gasteiger partial charge in [-0.3, -0.25) is 0 Å². The van der Waals surface area contributed by atoms with Crippen molar-refractivity contribution in [2.24, 2.45) is 0 Å². The van der Waals surface area contributed by atoms with Gasteiger partial charge in [-0.2, -0.15) is 0 Å². The van der Waals surface area contributed by atoms with Gasteiger partial charge in [0.2, 0.25) is 0 Å². The monoisotopic (exact) mass is 178 g/mol. The van der Waals surface area contributed by atoms with Crippen LogP contribution in [0, 0.1) is 0 Å². The summed E-state index contributed by atoms with van der Waals surface area (Å²) < 4.78 is 15.1. The Morgan fingerprint density at radius 1 is 1.33 bits per heavy atom. The molecule has 0 N–H and O–H groups in total. The number of halogens is 1. The topological polar surface area (TPSA) is 0 Å². The number of hydrogen-bond donors (Lipinski definition) is 0. The molecule has 0 aromatic carbocycles. The summed E-state index contributed by atoms with van der Waals surface area (Å²) in [5.41, 5.74) is 0. The molecule has 0 spiro atoms. The van der Waals surface area contributed by atoms with Gasteiger partial charge in [0.05, 0.1) is 0 Å². The summed E-state index contributed by atoms with van der Waals surface area (Å²) in [7, 11) is 0. The van der Waals surface area contributed by atoms with Crippen LogP contribution in [0.2, 0.25) is 0 Å². The van der Waals surface area contributed by atoms with Crippen LogP contribution in [-0.4, -0.2) is 9.22 Å². The molecule has 0 bridgehead atoms. The van der Waals surface area contributed by atoms with Gasteiger partial charge >= 0.3 is 41.9 Å². The molecule has 6 heavy (non-hydrogen) atoms. The van der Waals surface area contributed by atoms with E-state index in [0.29, 0.717) is 0 Å². The molecular weight excluding hydrogens is 170 g/mol. The van der Waals surface area contributed by atoms with Crippen molar-refractivity contribution >= 4 is 9.22 Å². The molecule has 40 valence electrons. The summed E-state index contributed by atoms with van der Waals surface area (Å²) in [4.78, 5) is 0. The van der Waals surface area contributed by atoms with Crippen molar-refractivity contribution in [3.05, 3.63) is 0 Å². The molecule has 0 aliphatic carbocycles. The van der Waals surface area contributed by atoms with Gasteiger partial charge in [-0.05, 0) is 0 Å². The van der Waals surface area contributed by atoms with Crippen molar-refractivity contribution in [2.75, 3.05) is 0 Å². The zero-order chi connectivity index (χ0) is 4.99. The van der Waals surface area contributed by atoms with Crippen LogP contribution in [0.3, 0.4) is 0 Å².